The number of hydrogen-bond donors (Lipinski definition) is 0. The van der Waals surface area contributed by atoms with Gasteiger partial charge in [0.15, 0.2) is 0 Å². The van der Waals surface area contributed by atoms with Crippen LogP contribution in [0.3, 0.4) is 0 Å². The summed E-state index contributed by atoms with van der Waals surface area (Å²) in [4.78, 5) is 0. The Morgan fingerprint density at radius 2 is 2.25 bits per heavy atom. The summed E-state index contributed by atoms with van der Waals surface area (Å²) in [6, 6.07) is 8.00. The quantitative estimate of drug-likeness (QED) is 0.743. The molecule has 0 nitrogen and oxygen atoms in total. The Balaban J connectivity index is 2.52. The molecule has 0 aliphatic heterocycles. The van der Waals surface area contributed by atoms with E-state index in [0.717, 1.165) is 10.9 Å². The first-order valence-corrected chi connectivity index (χ1v) is 4.86. The third-order valence-electron chi connectivity index (χ3n) is 1.72. The number of aryl methyl sites for hydroxylation is 1. The highest BCUT2D eigenvalue weighted by molar-refractivity contribution is 9.10. The molecule has 66 valence electrons. The molecule has 1 aromatic carbocycles. The highest BCUT2D eigenvalue weighted by Gasteiger charge is 1.99. The first kappa shape index (κ1) is 9.72. The van der Waals surface area contributed by atoms with Crippen LogP contribution in [0.25, 0.3) is 0 Å². The van der Waals surface area contributed by atoms with E-state index < -0.39 is 6.17 Å². The number of rotatable bonds is 3. The third kappa shape index (κ3) is 3.35. The fourth-order valence-electron chi connectivity index (χ4n) is 1.06. The molecular formula is C10H12BrF. The molecule has 0 bridgehead atoms. The Labute approximate surface area is 80.9 Å². The summed E-state index contributed by atoms with van der Waals surface area (Å²) in [5.41, 5.74) is 1.19. The maximum atomic E-state index is 12.5. The van der Waals surface area contributed by atoms with Crippen LogP contribution in [0, 0.1) is 0 Å². The van der Waals surface area contributed by atoms with Gasteiger partial charge in [0.25, 0.3) is 0 Å². The highest BCUT2D eigenvalue weighted by Crippen LogP contribution is 2.14. The summed E-state index contributed by atoms with van der Waals surface area (Å²) >= 11 is 3.38. The van der Waals surface area contributed by atoms with Gasteiger partial charge < -0.3 is 0 Å². The van der Waals surface area contributed by atoms with Crippen molar-refractivity contribution < 1.29 is 4.39 Å². The van der Waals surface area contributed by atoms with E-state index in [-0.39, 0.29) is 0 Å². The molecule has 0 aromatic heterocycles. The molecule has 12 heavy (non-hydrogen) atoms. The zero-order chi connectivity index (χ0) is 8.97. The van der Waals surface area contributed by atoms with Crippen LogP contribution in [0.15, 0.2) is 28.7 Å². The maximum Gasteiger partial charge on any atom is 0.0976 e. The molecule has 1 atom stereocenters. The van der Waals surface area contributed by atoms with Gasteiger partial charge in [-0.05, 0) is 37.5 Å². The van der Waals surface area contributed by atoms with Gasteiger partial charge in [0.05, 0.1) is 6.17 Å². The summed E-state index contributed by atoms with van der Waals surface area (Å²) in [5, 5.41) is 0. The Morgan fingerprint density at radius 1 is 1.50 bits per heavy atom. The van der Waals surface area contributed by atoms with Crippen molar-refractivity contribution >= 4 is 15.9 Å². The Kier molecular flexibility index (Phi) is 3.73. The van der Waals surface area contributed by atoms with E-state index in [0.29, 0.717) is 6.42 Å². The zero-order valence-corrected chi connectivity index (χ0v) is 8.64. The van der Waals surface area contributed by atoms with Crippen LogP contribution < -0.4 is 0 Å². The van der Waals surface area contributed by atoms with Gasteiger partial charge in [-0.2, -0.15) is 0 Å². The molecule has 0 saturated carbocycles. The second-order valence-corrected chi connectivity index (χ2v) is 3.87. The standard InChI is InChI=1S/C10H12BrF/c1-8(12)5-6-9-3-2-4-10(11)7-9/h2-4,7-8H,5-6H2,1H3/t8-/m0/s1. The van der Waals surface area contributed by atoms with Crippen LogP contribution in [-0.4, -0.2) is 6.17 Å². The molecular weight excluding hydrogens is 219 g/mol. The average molecular weight is 231 g/mol. The summed E-state index contributed by atoms with van der Waals surface area (Å²) in [5.74, 6) is 0. The van der Waals surface area contributed by atoms with Crippen LogP contribution in [0.5, 0.6) is 0 Å². The van der Waals surface area contributed by atoms with Gasteiger partial charge in [-0.15, -0.1) is 0 Å². The second kappa shape index (κ2) is 4.61. The molecule has 0 aliphatic rings. The molecule has 0 heterocycles. The minimum atomic E-state index is -0.705. The molecule has 0 saturated heterocycles. The lowest BCUT2D eigenvalue weighted by Gasteiger charge is -2.02. The van der Waals surface area contributed by atoms with Crippen molar-refractivity contribution in [2.45, 2.75) is 25.9 Å². The van der Waals surface area contributed by atoms with Gasteiger partial charge >= 0.3 is 0 Å². The van der Waals surface area contributed by atoms with E-state index in [9.17, 15) is 4.39 Å². The maximum absolute atomic E-state index is 12.5. The largest absolute Gasteiger partial charge is 0.248 e. The van der Waals surface area contributed by atoms with Crippen LogP contribution in [-0.2, 0) is 6.42 Å². The van der Waals surface area contributed by atoms with E-state index in [2.05, 4.69) is 15.9 Å². The van der Waals surface area contributed by atoms with E-state index in [4.69, 9.17) is 0 Å². The highest BCUT2D eigenvalue weighted by atomic mass is 79.9. The molecule has 0 spiro atoms. The topological polar surface area (TPSA) is 0 Å². The van der Waals surface area contributed by atoms with Crippen molar-refractivity contribution in [1.82, 2.24) is 0 Å². The van der Waals surface area contributed by atoms with E-state index in [1.807, 2.05) is 24.3 Å². The van der Waals surface area contributed by atoms with Crippen molar-refractivity contribution in [2.24, 2.45) is 0 Å². The van der Waals surface area contributed by atoms with Crippen molar-refractivity contribution in [2.75, 3.05) is 0 Å². The first-order valence-electron chi connectivity index (χ1n) is 4.07. The van der Waals surface area contributed by atoms with E-state index in [1.165, 1.54) is 5.56 Å². The van der Waals surface area contributed by atoms with Crippen LogP contribution in [0.1, 0.15) is 18.9 Å². The first-order chi connectivity index (χ1) is 5.68. The molecule has 0 N–H and O–H groups in total. The van der Waals surface area contributed by atoms with Gasteiger partial charge in [0, 0.05) is 4.47 Å². The summed E-state index contributed by atoms with van der Waals surface area (Å²) in [6.45, 7) is 1.60. The number of halogens is 2. The van der Waals surface area contributed by atoms with Crippen molar-refractivity contribution in [3.05, 3.63) is 34.3 Å². The number of benzene rings is 1. The number of hydrogen-bond acceptors (Lipinski definition) is 0. The van der Waals surface area contributed by atoms with Crippen LogP contribution in [0.2, 0.25) is 0 Å². The van der Waals surface area contributed by atoms with Crippen molar-refractivity contribution in [1.29, 1.82) is 0 Å². The summed E-state index contributed by atoms with van der Waals surface area (Å²) in [6.07, 6.45) is 0.720. The monoisotopic (exact) mass is 230 g/mol. The molecule has 2 heteroatoms. The van der Waals surface area contributed by atoms with Gasteiger partial charge in [-0.1, -0.05) is 28.1 Å². The van der Waals surface area contributed by atoms with Crippen LogP contribution in [0.4, 0.5) is 4.39 Å². The zero-order valence-electron chi connectivity index (χ0n) is 7.06. The molecule has 0 radical (unpaired) electrons. The smallest absolute Gasteiger partial charge is 0.0976 e. The predicted molar refractivity (Wildman–Crippen MR) is 53.0 cm³/mol. The fourth-order valence-corrected chi connectivity index (χ4v) is 1.50. The van der Waals surface area contributed by atoms with E-state index >= 15 is 0 Å². The Hall–Kier alpha value is -0.370. The fraction of sp³-hybridized carbons (Fsp3) is 0.400. The predicted octanol–water partition coefficient (Wildman–Crippen LogP) is 3.74. The lowest BCUT2D eigenvalue weighted by atomic mass is 10.1. The van der Waals surface area contributed by atoms with Gasteiger partial charge in [0.2, 0.25) is 0 Å². The summed E-state index contributed by atoms with van der Waals surface area (Å²) in [7, 11) is 0. The Morgan fingerprint density at radius 3 is 2.83 bits per heavy atom. The third-order valence-corrected chi connectivity index (χ3v) is 2.21. The van der Waals surface area contributed by atoms with Gasteiger partial charge in [-0.25, -0.2) is 4.39 Å². The van der Waals surface area contributed by atoms with Crippen molar-refractivity contribution in [3.8, 4) is 0 Å². The van der Waals surface area contributed by atoms with Crippen molar-refractivity contribution in [3.63, 3.8) is 0 Å². The minimum Gasteiger partial charge on any atom is -0.248 e. The Bertz CT molecular complexity index is 245. The molecule has 0 fully saturated rings. The summed E-state index contributed by atoms with van der Waals surface area (Å²) < 4.78 is 13.5. The molecule has 1 rings (SSSR count). The van der Waals surface area contributed by atoms with E-state index in [1.54, 1.807) is 6.92 Å². The minimum absolute atomic E-state index is 0.608. The lowest BCUT2D eigenvalue weighted by Crippen LogP contribution is -1.95. The average Bonchev–Trinajstić information content (AvgIpc) is 2.01. The van der Waals surface area contributed by atoms with Gasteiger partial charge in [0.1, 0.15) is 0 Å². The normalized spacial score (nSPS) is 12.9. The molecule has 0 aliphatic carbocycles. The SMILES string of the molecule is C[C@H](F)CCc1cccc(Br)c1. The van der Waals surface area contributed by atoms with Crippen LogP contribution >= 0.6 is 15.9 Å². The molecule has 0 unspecified atom stereocenters. The molecule has 0 amide bonds. The second-order valence-electron chi connectivity index (χ2n) is 2.95. The van der Waals surface area contributed by atoms with Gasteiger partial charge in [-0.3, -0.25) is 0 Å². The number of alkyl halides is 1. The molecule has 1 aromatic rings. The lowest BCUT2D eigenvalue weighted by molar-refractivity contribution is 0.341.